The number of carbonyl (C=O) groups excluding carboxylic acids is 3. The Balaban J connectivity index is 1.85. The van der Waals surface area contributed by atoms with Crippen molar-refractivity contribution in [1.82, 2.24) is 0 Å². The van der Waals surface area contributed by atoms with Crippen molar-refractivity contribution in [3.63, 3.8) is 0 Å². The van der Waals surface area contributed by atoms with E-state index in [1.165, 1.54) is 7.11 Å². The Bertz CT molecular complexity index is 1100. The largest absolute Gasteiger partial charge is 0.495 e. The molecule has 0 saturated heterocycles. The van der Waals surface area contributed by atoms with Crippen LogP contribution in [0.3, 0.4) is 0 Å². The maximum atomic E-state index is 13.4. The highest BCUT2D eigenvalue weighted by Gasteiger charge is 2.36. The molecule has 2 aliphatic heterocycles. The van der Waals surface area contributed by atoms with Gasteiger partial charge < -0.3 is 14.2 Å². The summed E-state index contributed by atoms with van der Waals surface area (Å²) in [4.78, 5) is 37.9. The number of carbonyl (C=O) groups is 3. The molecule has 2 aliphatic rings. The van der Waals surface area contributed by atoms with Gasteiger partial charge in [-0.1, -0.05) is 42.5 Å². The number of allylic oxidation sites excluding steroid dienone is 1. The summed E-state index contributed by atoms with van der Waals surface area (Å²) in [6, 6.07) is 11.4. The van der Waals surface area contributed by atoms with Crippen LogP contribution in [0, 0.1) is 0 Å². The first-order chi connectivity index (χ1) is 16.5. The van der Waals surface area contributed by atoms with Crippen molar-refractivity contribution in [3.05, 3.63) is 64.7 Å². The molecule has 0 aromatic heterocycles. The molecule has 2 aromatic carbocycles. The number of Topliss-reactive ketones (excluding diaryl/α,β-unsaturated/α-hetero) is 1. The summed E-state index contributed by atoms with van der Waals surface area (Å²) in [6.07, 6.45) is 7.34. The van der Waals surface area contributed by atoms with E-state index in [2.05, 4.69) is 0 Å². The van der Waals surface area contributed by atoms with E-state index in [9.17, 15) is 14.4 Å². The molecule has 6 heteroatoms. The van der Waals surface area contributed by atoms with Crippen molar-refractivity contribution < 1.29 is 28.6 Å². The second-order valence-corrected chi connectivity index (χ2v) is 8.87. The van der Waals surface area contributed by atoms with E-state index in [-0.39, 0.29) is 30.2 Å². The lowest BCUT2D eigenvalue weighted by Gasteiger charge is -2.29. The molecule has 34 heavy (non-hydrogen) atoms. The highest BCUT2D eigenvalue weighted by atomic mass is 16.5. The van der Waals surface area contributed by atoms with Crippen LogP contribution in [0.15, 0.2) is 42.5 Å². The summed E-state index contributed by atoms with van der Waals surface area (Å²) in [5, 5.41) is 0. The number of ketones is 1. The standard InChI is InChI=1S/C28H30O6/c1-18-10-9-15-21(29)14-8-4-7-13-20-16-23-26(27(32-2)25(20)28(31)33-18)22(17-24(30)34-23)19-11-5-3-6-12-19/h3,5-7,11-13,16,18,22H,4,8-10,14-15,17H2,1-2H3/t18-,22-/m1/s1. The summed E-state index contributed by atoms with van der Waals surface area (Å²) in [5.41, 5.74) is 2.52. The molecule has 0 spiro atoms. The minimum absolute atomic E-state index is 0.154. The van der Waals surface area contributed by atoms with E-state index < -0.39 is 5.97 Å². The molecule has 178 valence electrons. The van der Waals surface area contributed by atoms with E-state index in [0.29, 0.717) is 60.3 Å². The van der Waals surface area contributed by atoms with E-state index in [4.69, 9.17) is 14.2 Å². The lowest BCUT2D eigenvalue weighted by atomic mass is 9.83. The molecule has 2 heterocycles. The van der Waals surface area contributed by atoms with Crippen LogP contribution in [0.5, 0.6) is 11.5 Å². The van der Waals surface area contributed by atoms with Gasteiger partial charge in [0.15, 0.2) is 0 Å². The highest BCUT2D eigenvalue weighted by Crippen LogP contribution is 2.47. The Morgan fingerprint density at radius 3 is 2.56 bits per heavy atom. The fourth-order valence-electron chi connectivity index (χ4n) is 4.68. The van der Waals surface area contributed by atoms with Crippen LogP contribution in [-0.2, 0) is 14.3 Å². The van der Waals surface area contributed by atoms with E-state index in [0.717, 1.165) is 12.0 Å². The van der Waals surface area contributed by atoms with E-state index in [1.807, 2.05) is 49.4 Å². The maximum absolute atomic E-state index is 13.4. The Kier molecular flexibility index (Phi) is 7.46. The van der Waals surface area contributed by atoms with Gasteiger partial charge in [-0.15, -0.1) is 0 Å². The maximum Gasteiger partial charge on any atom is 0.342 e. The molecule has 0 radical (unpaired) electrons. The smallest absolute Gasteiger partial charge is 0.342 e. The first kappa shape index (κ1) is 23.7. The van der Waals surface area contributed by atoms with Crippen molar-refractivity contribution in [2.24, 2.45) is 0 Å². The van der Waals surface area contributed by atoms with Gasteiger partial charge in [0.25, 0.3) is 0 Å². The third-order valence-corrected chi connectivity index (χ3v) is 6.36. The number of esters is 2. The molecule has 4 rings (SSSR count). The van der Waals surface area contributed by atoms with Gasteiger partial charge in [-0.25, -0.2) is 4.79 Å². The van der Waals surface area contributed by atoms with Gasteiger partial charge in [-0.3, -0.25) is 9.59 Å². The fourth-order valence-corrected chi connectivity index (χ4v) is 4.68. The lowest BCUT2D eigenvalue weighted by Crippen LogP contribution is -2.24. The molecule has 6 nitrogen and oxygen atoms in total. The molecule has 0 unspecified atom stereocenters. The topological polar surface area (TPSA) is 78.9 Å². The van der Waals surface area contributed by atoms with Gasteiger partial charge in [0.05, 0.1) is 19.6 Å². The predicted octanol–water partition coefficient (Wildman–Crippen LogP) is 5.62. The summed E-state index contributed by atoms with van der Waals surface area (Å²) in [5.74, 6) is -0.118. The molecule has 0 aliphatic carbocycles. The zero-order valence-corrected chi connectivity index (χ0v) is 19.7. The number of cyclic esters (lactones) is 1. The summed E-state index contributed by atoms with van der Waals surface area (Å²) < 4.78 is 17.2. The highest BCUT2D eigenvalue weighted by molar-refractivity contribution is 5.99. The summed E-state index contributed by atoms with van der Waals surface area (Å²) >= 11 is 0. The normalized spacial score (nSPS) is 21.5. The quantitative estimate of drug-likeness (QED) is 0.426. The average Bonchev–Trinajstić information content (AvgIpc) is 2.82. The van der Waals surface area contributed by atoms with Crippen LogP contribution in [-0.4, -0.2) is 30.9 Å². The molecule has 0 fully saturated rings. The van der Waals surface area contributed by atoms with E-state index >= 15 is 0 Å². The number of fused-ring (bicyclic) bond motifs is 2. The van der Waals surface area contributed by atoms with Crippen LogP contribution >= 0.6 is 0 Å². The minimum Gasteiger partial charge on any atom is -0.495 e. The first-order valence-corrected chi connectivity index (χ1v) is 11.9. The SMILES string of the molecule is COc1c2c(cc3c1[C@@H](c1ccccc1)CC(=O)O3)C=CCCCC(=O)CCC[C@@H](C)OC2=O. The van der Waals surface area contributed by atoms with Crippen LogP contribution in [0.4, 0.5) is 0 Å². The summed E-state index contributed by atoms with van der Waals surface area (Å²) in [6.45, 7) is 1.84. The van der Waals surface area contributed by atoms with E-state index in [1.54, 1.807) is 6.07 Å². The third-order valence-electron chi connectivity index (χ3n) is 6.36. The predicted molar refractivity (Wildman–Crippen MR) is 128 cm³/mol. The summed E-state index contributed by atoms with van der Waals surface area (Å²) in [7, 11) is 1.52. The first-order valence-electron chi connectivity index (χ1n) is 11.9. The fraction of sp³-hybridized carbons (Fsp3) is 0.393. The second-order valence-electron chi connectivity index (χ2n) is 8.87. The number of hydrogen-bond donors (Lipinski definition) is 0. The Labute approximate surface area is 199 Å². The monoisotopic (exact) mass is 462 g/mol. The number of methoxy groups -OCH3 is 1. The molecule has 0 N–H and O–H groups in total. The van der Waals surface area contributed by atoms with Crippen molar-refractivity contribution in [2.45, 2.75) is 63.9 Å². The van der Waals surface area contributed by atoms with Gasteiger partial charge in [-0.2, -0.15) is 0 Å². The van der Waals surface area contributed by atoms with Crippen molar-refractivity contribution in [1.29, 1.82) is 0 Å². The molecule has 0 saturated carbocycles. The van der Waals surface area contributed by atoms with Crippen LogP contribution in [0.2, 0.25) is 0 Å². The number of benzene rings is 2. The van der Waals surface area contributed by atoms with Crippen LogP contribution < -0.4 is 9.47 Å². The van der Waals surface area contributed by atoms with Crippen LogP contribution in [0.25, 0.3) is 6.08 Å². The number of ether oxygens (including phenoxy) is 3. The molecule has 0 bridgehead atoms. The molecule has 2 atom stereocenters. The average molecular weight is 463 g/mol. The number of hydrogen-bond acceptors (Lipinski definition) is 6. The van der Waals surface area contributed by atoms with Crippen molar-refractivity contribution in [2.75, 3.05) is 7.11 Å². The zero-order chi connectivity index (χ0) is 24.1. The Hall–Kier alpha value is -3.41. The van der Waals surface area contributed by atoms with Gasteiger partial charge in [0.1, 0.15) is 22.8 Å². The zero-order valence-electron chi connectivity index (χ0n) is 19.7. The lowest BCUT2D eigenvalue weighted by molar-refractivity contribution is -0.135. The molecular weight excluding hydrogens is 432 g/mol. The van der Waals surface area contributed by atoms with Gasteiger partial charge in [0, 0.05) is 24.3 Å². The Morgan fingerprint density at radius 1 is 1.03 bits per heavy atom. The third kappa shape index (κ3) is 5.22. The van der Waals surface area contributed by atoms with Crippen LogP contribution in [0.1, 0.15) is 84.8 Å². The minimum atomic E-state index is -0.487. The number of rotatable bonds is 2. The Morgan fingerprint density at radius 2 is 1.79 bits per heavy atom. The molecule has 0 amide bonds. The van der Waals surface area contributed by atoms with Crippen molar-refractivity contribution >= 4 is 23.8 Å². The molecular formula is C28H30O6. The molecule has 2 aromatic rings. The van der Waals surface area contributed by atoms with Gasteiger partial charge in [0.2, 0.25) is 0 Å². The van der Waals surface area contributed by atoms with Gasteiger partial charge in [-0.05, 0) is 49.8 Å². The second kappa shape index (κ2) is 10.7. The van der Waals surface area contributed by atoms with Gasteiger partial charge >= 0.3 is 11.9 Å². The van der Waals surface area contributed by atoms with Crippen molar-refractivity contribution in [3.8, 4) is 11.5 Å².